The number of nitrogens with two attached hydrogens (primary N) is 1. The number of nitrogen functional groups attached to an aromatic ring is 1. The van der Waals surface area contributed by atoms with Gasteiger partial charge in [0.1, 0.15) is 5.84 Å². The number of ether oxygens (including phenoxy) is 2. The lowest BCUT2D eigenvalue weighted by atomic mass is 10.1. The second-order valence-electron chi connectivity index (χ2n) is 4.33. The summed E-state index contributed by atoms with van der Waals surface area (Å²) in [6, 6.07) is 15.4. The predicted molar refractivity (Wildman–Crippen MR) is 79.7 cm³/mol. The third-order valence-corrected chi connectivity index (χ3v) is 2.97. The number of benzene rings is 2. The van der Waals surface area contributed by atoms with E-state index >= 15 is 0 Å². The van der Waals surface area contributed by atoms with Gasteiger partial charge in [0, 0.05) is 6.42 Å². The molecule has 0 fully saturated rings. The Morgan fingerprint density at radius 3 is 2.50 bits per heavy atom. The molecule has 3 N–H and O–H groups in total. The van der Waals surface area contributed by atoms with E-state index < -0.39 is 0 Å². The molecule has 0 bridgehead atoms. The van der Waals surface area contributed by atoms with Gasteiger partial charge in [-0.3, -0.25) is 5.41 Å². The fraction of sp³-hybridized carbons (Fsp3) is 0.188. The van der Waals surface area contributed by atoms with E-state index in [1.54, 1.807) is 25.3 Å². The molecule has 2 aromatic rings. The first-order chi connectivity index (χ1) is 9.72. The first-order valence-corrected chi connectivity index (χ1v) is 6.40. The van der Waals surface area contributed by atoms with E-state index in [1.807, 2.05) is 18.2 Å². The number of hydrogen-bond acceptors (Lipinski definition) is 3. The van der Waals surface area contributed by atoms with Gasteiger partial charge in [-0.15, -0.1) is 0 Å². The van der Waals surface area contributed by atoms with Crippen LogP contribution in [0.2, 0.25) is 0 Å². The Balaban J connectivity index is 2.10. The zero-order chi connectivity index (χ0) is 14.4. The molecular weight excluding hydrogens is 252 g/mol. The van der Waals surface area contributed by atoms with E-state index in [2.05, 4.69) is 12.1 Å². The molecule has 2 rings (SSSR count). The summed E-state index contributed by atoms with van der Waals surface area (Å²) in [5, 5.41) is 7.59. The van der Waals surface area contributed by atoms with E-state index in [0.29, 0.717) is 23.7 Å². The molecule has 0 aliphatic heterocycles. The summed E-state index contributed by atoms with van der Waals surface area (Å²) >= 11 is 0. The van der Waals surface area contributed by atoms with Gasteiger partial charge in [-0.1, -0.05) is 36.4 Å². The van der Waals surface area contributed by atoms with Crippen molar-refractivity contribution in [3.63, 3.8) is 0 Å². The van der Waals surface area contributed by atoms with Crippen LogP contribution in [-0.4, -0.2) is 19.6 Å². The van der Waals surface area contributed by atoms with Crippen LogP contribution in [0.4, 0.5) is 0 Å². The molecule has 0 heterocycles. The standard InChI is InChI=1S/C16H18N2O2/c1-19-14-9-5-8-13(16(17)18)15(14)20-11-10-12-6-3-2-4-7-12/h2-9H,10-11H2,1H3,(H3,17,18). The average Bonchev–Trinajstić information content (AvgIpc) is 2.48. The maximum atomic E-state index is 7.59. The van der Waals surface area contributed by atoms with Gasteiger partial charge in [-0.2, -0.15) is 0 Å². The number of methoxy groups -OCH3 is 1. The molecule has 0 atom stereocenters. The third kappa shape index (κ3) is 3.29. The van der Waals surface area contributed by atoms with Gasteiger partial charge in [0.25, 0.3) is 0 Å². The molecule has 0 unspecified atom stereocenters. The highest BCUT2D eigenvalue weighted by atomic mass is 16.5. The van der Waals surface area contributed by atoms with Crippen LogP contribution in [0, 0.1) is 5.41 Å². The molecular formula is C16H18N2O2. The fourth-order valence-corrected chi connectivity index (χ4v) is 1.95. The molecule has 0 aliphatic carbocycles. The van der Waals surface area contributed by atoms with Crippen molar-refractivity contribution >= 4 is 5.84 Å². The molecule has 0 aliphatic rings. The van der Waals surface area contributed by atoms with Crippen molar-refractivity contribution in [1.29, 1.82) is 5.41 Å². The zero-order valence-corrected chi connectivity index (χ0v) is 11.4. The monoisotopic (exact) mass is 270 g/mol. The minimum absolute atomic E-state index is 0.0291. The average molecular weight is 270 g/mol. The zero-order valence-electron chi connectivity index (χ0n) is 11.4. The largest absolute Gasteiger partial charge is 0.493 e. The highest BCUT2D eigenvalue weighted by Crippen LogP contribution is 2.30. The van der Waals surface area contributed by atoms with E-state index in [1.165, 1.54) is 5.56 Å². The van der Waals surface area contributed by atoms with Crippen molar-refractivity contribution in [2.75, 3.05) is 13.7 Å². The van der Waals surface area contributed by atoms with E-state index in [-0.39, 0.29) is 5.84 Å². The quantitative estimate of drug-likeness (QED) is 0.626. The number of hydrogen-bond donors (Lipinski definition) is 2. The minimum Gasteiger partial charge on any atom is -0.493 e. The maximum absolute atomic E-state index is 7.59. The summed E-state index contributed by atoms with van der Waals surface area (Å²) in [6.07, 6.45) is 0.788. The first kappa shape index (κ1) is 13.9. The minimum atomic E-state index is -0.0291. The summed E-state index contributed by atoms with van der Waals surface area (Å²) in [5.74, 6) is 1.09. The van der Waals surface area contributed by atoms with Gasteiger partial charge in [-0.25, -0.2) is 0 Å². The van der Waals surface area contributed by atoms with Crippen molar-refractivity contribution in [3.8, 4) is 11.5 Å². The van der Waals surface area contributed by atoms with E-state index in [0.717, 1.165) is 6.42 Å². The van der Waals surface area contributed by atoms with Crippen LogP contribution in [0.25, 0.3) is 0 Å². The number of amidine groups is 1. The Kier molecular flexibility index (Phi) is 4.60. The van der Waals surface area contributed by atoms with E-state index in [9.17, 15) is 0 Å². The Hall–Kier alpha value is -2.49. The van der Waals surface area contributed by atoms with Crippen molar-refractivity contribution in [3.05, 3.63) is 59.7 Å². The van der Waals surface area contributed by atoms with Gasteiger partial charge in [0.05, 0.1) is 19.3 Å². The topological polar surface area (TPSA) is 68.3 Å². The molecule has 0 spiro atoms. The molecule has 0 amide bonds. The number of para-hydroxylation sites is 1. The Labute approximate surface area is 118 Å². The smallest absolute Gasteiger partial charge is 0.172 e. The normalized spacial score (nSPS) is 10.1. The Morgan fingerprint density at radius 1 is 1.10 bits per heavy atom. The molecule has 0 aromatic heterocycles. The van der Waals surface area contributed by atoms with Gasteiger partial charge >= 0.3 is 0 Å². The second kappa shape index (κ2) is 6.61. The van der Waals surface area contributed by atoms with Crippen molar-refractivity contribution in [2.24, 2.45) is 5.73 Å². The lowest BCUT2D eigenvalue weighted by Crippen LogP contribution is -2.14. The maximum Gasteiger partial charge on any atom is 0.172 e. The van der Waals surface area contributed by atoms with Crippen LogP contribution in [0.15, 0.2) is 48.5 Å². The van der Waals surface area contributed by atoms with Gasteiger partial charge in [-0.05, 0) is 17.7 Å². The molecule has 4 heteroatoms. The van der Waals surface area contributed by atoms with Crippen molar-refractivity contribution in [1.82, 2.24) is 0 Å². The van der Waals surface area contributed by atoms with Crippen LogP contribution in [-0.2, 0) is 6.42 Å². The van der Waals surface area contributed by atoms with Gasteiger partial charge in [0.15, 0.2) is 11.5 Å². The first-order valence-electron chi connectivity index (χ1n) is 6.40. The molecule has 20 heavy (non-hydrogen) atoms. The lowest BCUT2D eigenvalue weighted by Gasteiger charge is -2.14. The second-order valence-corrected chi connectivity index (χ2v) is 4.33. The highest BCUT2D eigenvalue weighted by Gasteiger charge is 2.12. The fourth-order valence-electron chi connectivity index (χ4n) is 1.95. The Morgan fingerprint density at radius 2 is 1.85 bits per heavy atom. The van der Waals surface area contributed by atoms with Crippen molar-refractivity contribution in [2.45, 2.75) is 6.42 Å². The third-order valence-electron chi connectivity index (χ3n) is 2.97. The SMILES string of the molecule is COc1cccc(C(=N)N)c1OCCc1ccccc1. The summed E-state index contributed by atoms with van der Waals surface area (Å²) in [5.41, 5.74) is 7.32. The molecule has 2 aromatic carbocycles. The van der Waals surface area contributed by atoms with Crippen LogP contribution < -0.4 is 15.2 Å². The summed E-state index contributed by atoms with van der Waals surface area (Å²) < 4.78 is 11.0. The predicted octanol–water partition coefficient (Wildman–Crippen LogP) is 2.60. The highest BCUT2D eigenvalue weighted by molar-refractivity contribution is 5.98. The van der Waals surface area contributed by atoms with Crippen molar-refractivity contribution < 1.29 is 9.47 Å². The van der Waals surface area contributed by atoms with E-state index in [4.69, 9.17) is 20.6 Å². The number of rotatable bonds is 6. The summed E-state index contributed by atoms with van der Waals surface area (Å²) in [6.45, 7) is 0.505. The molecule has 0 radical (unpaired) electrons. The molecule has 0 saturated heterocycles. The van der Waals surface area contributed by atoms with Crippen LogP contribution in [0.1, 0.15) is 11.1 Å². The van der Waals surface area contributed by atoms with Crippen LogP contribution in [0.5, 0.6) is 11.5 Å². The molecule has 104 valence electrons. The molecule has 4 nitrogen and oxygen atoms in total. The van der Waals surface area contributed by atoms with Gasteiger partial charge < -0.3 is 15.2 Å². The molecule has 0 saturated carbocycles. The summed E-state index contributed by atoms with van der Waals surface area (Å²) in [4.78, 5) is 0. The van der Waals surface area contributed by atoms with Crippen LogP contribution >= 0.6 is 0 Å². The number of nitrogens with one attached hydrogen (secondary N) is 1. The lowest BCUT2D eigenvalue weighted by molar-refractivity contribution is 0.297. The van der Waals surface area contributed by atoms with Gasteiger partial charge in [0.2, 0.25) is 0 Å². The Bertz CT molecular complexity index is 582. The van der Waals surface area contributed by atoms with Crippen LogP contribution in [0.3, 0.4) is 0 Å². The summed E-state index contributed by atoms with van der Waals surface area (Å²) in [7, 11) is 1.57.